The van der Waals surface area contributed by atoms with E-state index < -0.39 is 5.82 Å². The van der Waals surface area contributed by atoms with E-state index in [0.29, 0.717) is 6.54 Å². The summed E-state index contributed by atoms with van der Waals surface area (Å²) in [6.45, 7) is 4.41. The second kappa shape index (κ2) is 8.24. The highest BCUT2D eigenvalue weighted by Crippen LogP contribution is 2.20. The molecule has 0 unspecified atom stereocenters. The number of hydrogen-bond donors (Lipinski definition) is 0. The molecule has 0 aliphatic rings. The molecule has 0 spiro atoms. The van der Waals surface area contributed by atoms with Gasteiger partial charge in [-0.1, -0.05) is 31.1 Å². The highest BCUT2D eigenvalue weighted by molar-refractivity contribution is 5.58. The molecule has 0 aliphatic heterocycles. The van der Waals surface area contributed by atoms with Crippen LogP contribution >= 0.6 is 0 Å². The van der Waals surface area contributed by atoms with E-state index in [1.54, 1.807) is 25.3 Å². The molecule has 7 heteroatoms. The first kappa shape index (κ1) is 17.7. The maximum absolute atomic E-state index is 14.0. The average molecular weight is 332 g/mol. The Kier molecular flexibility index (Phi) is 6.06. The first-order chi connectivity index (χ1) is 11.5. The Morgan fingerprint density at radius 3 is 2.62 bits per heavy atom. The van der Waals surface area contributed by atoms with Gasteiger partial charge in [-0.2, -0.15) is 9.97 Å². The van der Waals surface area contributed by atoms with Crippen LogP contribution in [0, 0.1) is 11.7 Å². The minimum Gasteiger partial charge on any atom is -0.497 e. The Morgan fingerprint density at radius 1 is 1.29 bits per heavy atom. The molecule has 0 N–H and O–H groups in total. The lowest BCUT2D eigenvalue weighted by molar-refractivity contribution is 0.311. The first-order valence-electron chi connectivity index (χ1n) is 7.56. The van der Waals surface area contributed by atoms with Crippen molar-refractivity contribution in [3.05, 3.63) is 41.8 Å². The van der Waals surface area contributed by atoms with E-state index in [9.17, 15) is 4.39 Å². The second-order valence-electron chi connectivity index (χ2n) is 5.62. The van der Waals surface area contributed by atoms with Crippen molar-refractivity contribution in [3.8, 4) is 11.8 Å². The zero-order chi connectivity index (χ0) is 17.5. The summed E-state index contributed by atoms with van der Waals surface area (Å²) < 4.78 is 19.1. The first-order valence-corrected chi connectivity index (χ1v) is 7.56. The van der Waals surface area contributed by atoms with Crippen molar-refractivity contribution in [2.45, 2.75) is 20.4 Å². The smallest absolute Gasteiger partial charge is 0.347 e. The molecule has 128 valence electrons. The third-order valence-corrected chi connectivity index (χ3v) is 3.14. The lowest BCUT2D eigenvalue weighted by Gasteiger charge is -2.18. The zero-order valence-corrected chi connectivity index (χ0v) is 14.2. The van der Waals surface area contributed by atoms with E-state index in [-0.39, 0.29) is 17.7 Å². The maximum atomic E-state index is 14.0. The van der Waals surface area contributed by atoms with Crippen molar-refractivity contribution in [2.75, 3.05) is 19.1 Å². The Hall–Kier alpha value is -2.70. The maximum Gasteiger partial charge on any atom is 0.347 e. The fourth-order valence-electron chi connectivity index (χ4n) is 1.93. The molecule has 1 aromatic heterocycles. The molecule has 6 nitrogen and oxygen atoms in total. The molecule has 0 saturated carbocycles. The predicted molar refractivity (Wildman–Crippen MR) is 91.0 cm³/mol. The Balaban J connectivity index is 2.10. The van der Waals surface area contributed by atoms with Gasteiger partial charge in [0, 0.05) is 19.8 Å². The third-order valence-electron chi connectivity index (χ3n) is 3.14. The van der Waals surface area contributed by atoms with Crippen LogP contribution in [0.1, 0.15) is 19.4 Å². The summed E-state index contributed by atoms with van der Waals surface area (Å²) >= 11 is 0. The Labute approximate surface area is 140 Å². The lowest BCUT2D eigenvalue weighted by Crippen LogP contribution is -2.19. The number of nitrogens with zero attached hydrogens (tertiary/aromatic N) is 4. The van der Waals surface area contributed by atoms with Gasteiger partial charge in [0.05, 0.1) is 13.3 Å². The van der Waals surface area contributed by atoms with Crippen LogP contribution in [0.15, 0.2) is 35.6 Å². The molecule has 0 radical (unpaired) electrons. The molecule has 1 aromatic carbocycles. The van der Waals surface area contributed by atoms with Crippen LogP contribution in [0.4, 0.5) is 10.2 Å². The largest absolute Gasteiger partial charge is 0.497 e. The zero-order valence-electron chi connectivity index (χ0n) is 14.2. The number of rotatable bonds is 7. The summed E-state index contributed by atoms with van der Waals surface area (Å²) in [4.78, 5) is 14.6. The van der Waals surface area contributed by atoms with Crippen molar-refractivity contribution in [2.24, 2.45) is 11.1 Å². The normalized spacial score (nSPS) is 11.1. The molecular weight excluding hydrogens is 311 g/mol. The van der Waals surface area contributed by atoms with Gasteiger partial charge < -0.3 is 14.5 Å². The number of anilines is 1. The predicted octanol–water partition coefficient (Wildman–Crippen LogP) is 3.28. The molecule has 0 fully saturated rings. The van der Waals surface area contributed by atoms with Gasteiger partial charge in [-0.15, -0.1) is 0 Å². The molecule has 0 bridgehead atoms. The summed E-state index contributed by atoms with van der Waals surface area (Å²) in [6.07, 6.45) is 2.69. The summed E-state index contributed by atoms with van der Waals surface area (Å²) in [5, 5.41) is 3.77. The minimum atomic E-state index is -0.522. The molecule has 0 amide bonds. The number of ether oxygens (including phenoxy) is 1. The van der Waals surface area contributed by atoms with Crippen molar-refractivity contribution in [1.82, 2.24) is 9.97 Å². The van der Waals surface area contributed by atoms with Crippen molar-refractivity contribution < 1.29 is 14.0 Å². The van der Waals surface area contributed by atoms with Crippen LogP contribution in [-0.2, 0) is 6.54 Å². The summed E-state index contributed by atoms with van der Waals surface area (Å²) in [5.74, 6) is 0.637. The number of halogens is 1. The lowest BCUT2D eigenvalue weighted by atomic mass is 10.2. The van der Waals surface area contributed by atoms with Gasteiger partial charge in [0.1, 0.15) is 5.75 Å². The fraction of sp³-hybridized carbons (Fsp3) is 0.353. The van der Waals surface area contributed by atoms with Crippen LogP contribution < -0.4 is 14.5 Å². The number of benzene rings is 1. The van der Waals surface area contributed by atoms with Crippen molar-refractivity contribution in [3.63, 3.8) is 0 Å². The third kappa shape index (κ3) is 4.91. The van der Waals surface area contributed by atoms with Crippen LogP contribution in [0.3, 0.4) is 0 Å². The quantitative estimate of drug-likeness (QED) is 0.575. The van der Waals surface area contributed by atoms with Crippen LogP contribution in [-0.4, -0.2) is 30.3 Å². The van der Waals surface area contributed by atoms with E-state index >= 15 is 0 Å². The molecule has 0 atom stereocenters. The number of oxime groups is 1. The standard InChI is InChI=1S/C17H21FN4O2/c1-12(2)9-20-24-17-19-10-15(18)16(21-17)22(3)11-13-5-7-14(23-4)8-6-13/h5-10,12H,11H2,1-4H3. The van der Waals surface area contributed by atoms with E-state index in [4.69, 9.17) is 9.57 Å². The Morgan fingerprint density at radius 2 is 2.00 bits per heavy atom. The van der Waals surface area contributed by atoms with Crippen LogP contribution in [0.25, 0.3) is 0 Å². The number of hydrogen-bond acceptors (Lipinski definition) is 6. The van der Waals surface area contributed by atoms with Crippen LogP contribution in [0.5, 0.6) is 11.8 Å². The molecule has 0 saturated heterocycles. The molecule has 24 heavy (non-hydrogen) atoms. The highest BCUT2D eigenvalue weighted by atomic mass is 19.1. The van der Waals surface area contributed by atoms with E-state index in [2.05, 4.69) is 15.1 Å². The average Bonchev–Trinajstić information content (AvgIpc) is 2.56. The minimum absolute atomic E-state index is 0.00452. The van der Waals surface area contributed by atoms with Crippen molar-refractivity contribution >= 4 is 12.0 Å². The summed E-state index contributed by atoms with van der Waals surface area (Å²) in [7, 11) is 3.36. The number of methoxy groups -OCH3 is 1. The van der Waals surface area contributed by atoms with Gasteiger partial charge in [0.2, 0.25) is 0 Å². The molecule has 0 aliphatic carbocycles. The van der Waals surface area contributed by atoms with E-state index in [1.165, 1.54) is 0 Å². The SMILES string of the molecule is COc1ccc(CN(C)c2nc(ON=CC(C)C)ncc2F)cc1. The summed E-state index contributed by atoms with van der Waals surface area (Å²) in [5.41, 5.74) is 0.997. The van der Waals surface area contributed by atoms with Gasteiger partial charge in [-0.3, -0.25) is 0 Å². The van der Waals surface area contributed by atoms with Gasteiger partial charge >= 0.3 is 6.01 Å². The molecule has 1 heterocycles. The number of aromatic nitrogens is 2. The topological polar surface area (TPSA) is 59.8 Å². The fourth-order valence-corrected chi connectivity index (χ4v) is 1.93. The van der Waals surface area contributed by atoms with E-state index in [0.717, 1.165) is 17.5 Å². The summed E-state index contributed by atoms with van der Waals surface area (Å²) in [6, 6.07) is 7.55. The van der Waals surface area contributed by atoms with Crippen LogP contribution in [0.2, 0.25) is 0 Å². The van der Waals surface area contributed by atoms with Gasteiger partial charge in [0.25, 0.3) is 0 Å². The van der Waals surface area contributed by atoms with Gasteiger partial charge in [-0.25, -0.2) is 4.39 Å². The van der Waals surface area contributed by atoms with Crippen molar-refractivity contribution in [1.29, 1.82) is 0 Å². The van der Waals surface area contributed by atoms with E-state index in [1.807, 2.05) is 38.1 Å². The van der Waals surface area contributed by atoms with Gasteiger partial charge in [-0.05, 0) is 23.6 Å². The molecule has 2 rings (SSSR count). The monoisotopic (exact) mass is 332 g/mol. The second-order valence-corrected chi connectivity index (χ2v) is 5.62. The van der Waals surface area contributed by atoms with Gasteiger partial charge in [0.15, 0.2) is 11.6 Å². The Bertz CT molecular complexity index is 689. The molecular formula is C17H21FN4O2. The molecule has 2 aromatic rings. The highest BCUT2D eigenvalue weighted by Gasteiger charge is 2.13.